The van der Waals surface area contributed by atoms with Crippen molar-refractivity contribution in [3.05, 3.63) is 59.7 Å². The molecule has 0 atom stereocenters. The Balaban J connectivity index is 1.62. The molecule has 0 aliphatic rings. The van der Waals surface area contributed by atoms with Crippen LogP contribution >= 0.6 is 0 Å². The van der Waals surface area contributed by atoms with Crippen LogP contribution in [0.1, 0.15) is 67.8 Å². The van der Waals surface area contributed by atoms with Gasteiger partial charge in [-0.1, -0.05) is 44.4 Å². The highest BCUT2D eigenvalue weighted by atomic mass is 16.5. The van der Waals surface area contributed by atoms with E-state index in [1.807, 2.05) is 24.3 Å². The van der Waals surface area contributed by atoms with Gasteiger partial charge in [-0.2, -0.15) is 0 Å². The predicted octanol–water partition coefficient (Wildman–Crippen LogP) is 5.42. The molecule has 0 aliphatic heterocycles. The summed E-state index contributed by atoms with van der Waals surface area (Å²) >= 11 is 0. The van der Waals surface area contributed by atoms with Crippen molar-refractivity contribution in [3.8, 4) is 5.75 Å². The van der Waals surface area contributed by atoms with E-state index < -0.39 is 5.97 Å². The highest BCUT2D eigenvalue weighted by molar-refractivity contribution is 5.93. The SMILES string of the molecule is CCCCCCOc1ccc(C=CC(=O)CCCCOC(=O)c2cc(N)cc(N)c2)cc1. The van der Waals surface area contributed by atoms with Crippen LogP contribution in [0.3, 0.4) is 0 Å². The Morgan fingerprint density at radius 1 is 0.875 bits per heavy atom. The van der Waals surface area contributed by atoms with Crippen molar-refractivity contribution in [3.63, 3.8) is 0 Å². The molecule has 4 N–H and O–H groups in total. The smallest absolute Gasteiger partial charge is 0.338 e. The van der Waals surface area contributed by atoms with E-state index in [0.717, 1.165) is 24.3 Å². The van der Waals surface area contributed by atoms with Crippen LogP contribution in [0.5, 0.6) is 5.75 Å². The number of hydrogen-bond donors (Lipinski definition) is 2. The summed E-state index contributed by atoms with van der Waals surface area (Å²) < 4.78 is 10.9. The summed E-state index contributed by atoms with van der Waals surface area (Å²) in [5.41, 5.74) is 13.5. The minimum atomic E-state index is -0.469. The second-order valence-electron chi connectivity index (χ2n) is 7.76. The third kappa shape index (κ3) is 9.69. The normalized spacial score (nSPS) is 10.9. The lowest BCUT2D eigenvalue weighted by Gasteiger charge is -2.06. The van der Waals surface area contributed by atoms with Crippen LogP contribution in [-0.4, -0.2) is 25.0 Å². The molecule has 0 amide bonds. The molecule has 6 heteroatoms. The van der Waals surface area contributed by atoms with Gasteiger partial charge in [-0.05, 0) is 61.2 Å². The first-order valence-corrected chi connectivity index (χ1v) is 11.2. The van der Waals surface area contributed by atoms with Crippen LogP contribution in [-0.2, 0) is 9.53 Å². The van der Waals surface area contributed by atoms with E-state index in [0.29, 0.717) is 36.2 Å². The monoisotopic (exact) mass is 438 g/mol. The summed E-state index contributed by atoms with van der Waals surface area (Å²) in [6.45, 7) is 3.16. The molecule has 0 heterocycles. The number of carbonyl (C=O) groups excluding carboxylic acids is 2. The molecule has 0 aliphatic carbocycles. The molecule has 6 nitrogen and oxygen atoms in total. The molecule has 0 radical (unpaired) electrons. The number of ketones is 1. The van der Waals surface area contributed by atoms with Crippen LogP contribution in [0, 0.1) is 0 Å². The first kappa shape index (κ1) is 25.0. The Bertz CT molecular complexity index is 871. The second-order valence-corrected chi connectivity index (χ2v) is 7.76. The molecule has 2 rings (SSSR count). The number of ether oxygens (including phenoxy) is 2. The standard InChI is InChI=1S/C26H34N2O4/c1-2-3-4-6-15-31-25-13-10-20(11-14-25)9-12-24(29)8-5-7-16-32-26(30)21-17-22(27)19-23(28)18-21/h9-14,17-19H,2-8,15-16,27-28H2,1H3. The average molecular weight is 439 g/mol. The highest BCUT2D eigenvalue weighted by Crippen LogP contribution is 2.16. The van der Waals surface area contributed by atoms with Gasteiger partial charge in [0.25, 0.3) is 0 Å². The topological polar surface area (TPSA) is 105 Å². The fraction of sp³-hybridized carbons (Fsp3) is 0.385. The number of unbranched alkanes of at least 4 members (excludes halogenated alkanes) is 4. The number of esters is 1. The van der Waals surface area contributed by atoms with Crippen molar-refractivity contribution >= 4 is 29.2 Å². The molecule has 0 aromatic heterocycles. The molecule has 0 unspecified atom stereocenters. The highest BCUT2D eigenvalue weighted by Gasteiger charge is 2.08. The minimum Gasteiger partial charge on any atom is -0.494 e. The fourth-order valence-corrected chi connectivity index (χ4v) is 3.11. The Labute approximate surface area is 190 Å². The molecule has 0 fully saturated rings. The summed E-state index contributed by atoms with van der Waals surface area (Å²) in [6.07, 6.45) is 9.75. The van der Waals surface area contributed by atoms with Gasteiger partial charge in [0, 0.05) is 17.8 Å². The lowest BCUT2D eigenvalue weighted by atomic mass is 10.1. The zero-order valence-electron chi connectivity index (χ0n) is 18.8. The Kier molecular flexibility index (Phi) is 10.9. The first-order chi connectivity index (χ1) is 15.5. The Hall–Kier alpha value is -3.28. The molecule has 0 spiro atoms. The van der Waals surface area contributed by atoms with Crippen LogP contribution in [0.15, 0.2) is 48.5 Å². The van der Waals surface area contributed by atoms with E-state index in [2.05, 4.69) is 6.92 Å². The van der Waals surface area contributed by atoms with Crippen molar-refractivity contribution in [1.29, 1.82) is 0 Å². The molecular weight excluding hydrogens is 404 g/mol. The van der Waals surface area contributed by atoms with Crippen molar-refractivity contribution in [2.75, 3.05) is 24.7 Å². The van der Waals surface area contributed by atoms with E-state index >= 15 is 0 Å². The third-order valence-corrected chi connectivity index (χ3v) is 4.87. The van der Waals surface area contributed by atoms with Crippen molar-refractivity contribution in [2.24, 2.45) is 0 Å². The predicted molar refractivity (Wildman–Crippen MR) is 130 cm³/mol. The zero-order chi connectivity index (χ0) is 23.2. The second kappa shape index (κ2) is 13.9. The van der Waals surface area contributed by atoms with Gasteiger partial charge in [0.05, 0.1) is 18.8 Å². The number of hydrogen-bond acceptors (Lipinski definition) is 6. The lowest BCUT2D eigenvalue weighted by molar-refractivity contribution is -0.114. The van der Waals surface area contributed by atoms with Gasteiger partial charge in [0.2, 0.25) is 0 Å². The van der Waals surface area contributed by atoms with Gasteiger partial charge in [-0.15, -0.1) is 0 Å². The molecule has 0 saturated carbocycles. The van der Waals surface area contributed by atoms with Crippen LogP contribution in [0.4, 0.5) is 11.4 Å². The number of rotatable bonds is 14. The number of nitrogen functional groups attached to an aromatic ring is 2. The lowest BCUT2D eigenvalue weighted by Crippen LogP contribution is -2.08. The van der Waals surface area contributed by atoms with E-state index in [1.165, 1.54) is 31.4 Å². The van der Waals surface area contributed by atoms with Crippen LogP contribution < -0.4 is 16.2 Å². The average Bonchev–Trinajstić information content (AvgIpc) is 2.77. The van der Waals surface area contributed by atoms with E-state index in [1.54, 1.807) is 18.2 Å². The van der Waals surface area contributed by atoms with Crippen molar-refractivity contribution < 1.29 is 19.1 Å². The first-order valence-electron chi connectivity index (χ1n) is 11.2. The van der Waals surface area contributed by atoms with Gasteiger partial charge in [0.1, 0.15) is 5.75 Å². The summed E-state index contributed by atoms with van der Waals surface area (Å²) in [6, 6.07) is 12.4. The molecule has 172 valence electrons. The Morgan fingerprint density at radius 2 is 1.56 bits per heavy atom. The number of anilines is 2. The molecule has 0 bridgehead atoms. The van der Waals surface area contributed by atoms with Crippen LogP contribution in [0.2, 0.25) is 0 Å². The largest absolute Gasteiger partial charge is 0.494 e. The maximum atomic E-state index is 12.1. The minimum absolute atomic E-state index is 0.0381. The van der Waals surface area contributed by atoms with E-state index in [9.17, 15) is 9.59 Å². The quantitative estimate of drug-likeness (QED) is 0.177. The number of nitrogens with two attached hydrogens (primary N) is 2. The van der Waals surface area contributed by atoms with Crippen molar-refractivity contribution in [2.45, 2.75) is 51.9 Å². The molecular formula is C26H34N2O4. The number of allylic oxidation sites excluding steroid dienone is 1. The van der Waals surface area contributed by atoms with Gasteiger partial charge in [0.15, 0.2) is 5.78 Å². The summed E-state index contributed by atoms with van der Waals surface area (Å²) in [4.78, 5) is 24.1. The maximum absolute atomic E-state index is 12.1. The maximum Gasteiger partial charge on any atom is 0.338 e. The summed E-state index contributed by atoms with van der Waals surface area (Å²) in [7, 11) is 0. The Morgan fingerprint density at radius 3 is 2.25 bits per heavy atom. The van der Waals surface area contributed by atoms with Gasteiger partial charge >= 0.3 is 5.97 Å². The molecule has 0 saturated heterocycles. The van der Waals surface area contributed by atoms with E-state index in [-0.39, 0.29) is 12.4 Å². The van der Waals surface area contributed by atoms with Crippen LogP contribution in [0.25, 0.3) is 6.08 Å². The summed E-state index contributed by atoms with van der Waals surface area (Å²) in [5, 5.41) is 0. The van der Waals surface area contributed by atoms with Crippen molar-refractivity contribution in [1.82, 2.24) is 0 Å². The summed E-state index contributed by atoms with van der Waals surface area (Å²) in [5.74, 6) is 0.417. The zero-order valence-corrected chi connectivity index (χ0v) is 18.8. The third-order valence-electron chi connectivity index (χ3n) is 4.87. The van der Waals surface area contributed by atoms with Gasteiger partial charge < -0.3 is 20.9 Å². The van der Waals surface area contributed by atoms with Gasteiger partial charge in [-0.3, -0.25) is 4.79 Å². The fourth-order valence-electron chi connectivity index (χ4n) is 3.11. The molecule has 2 aromatic rings. The van der Waals surface area contributed by atoms with Gasteiger partial charge in [-0.25, -0.2) is 4.79 Å². The number of carbonyl (C=O) groups is 2. The van der Waals surface area contributed by atoms with E-state index in [4.69, 9.17) is 20.9 Å². The molecule has 32 heavy (non-hydrogen) atoms. The number of benzene rings is 2. The molecule has 2 aromatic carbocycles.